The number of anilines is 2. The molecule has 2 aromatic heterocycles. The number of carbonyl (C=O) groups excluding carboxylic acids is 2. The van der Waals surface area contributed by atoms with Gasteiger partial charge in [0.2, 0.25) is 11.8 Å². The van der Waals surface area contributed by atoms with Gasteiger partial charge in [-0.3, -0.25) is 14.6 Å². The summed E-state index contributed by atoms with van der Waals surface area (Å²) in [5, 5.41) is 5.61. The first-order valence-corrected chi connectivity index (χ1v) is 8.75. The number of rotatable bonds is 4. The number of nitrogens with one attached hydrogen (secondary N) is 2. The van der Waals surface area contributed by atoms with Crippen LogP contribution in [-0.4, -0.2) is 21.8 Å². The standard InChI is InChI=1S/C21H18N4O3/c1-21(2)16-7-5-13(10-17(16)25-20(21)27)19(26)24-14-6-8-18(23-11-14)28-15-4-3-9-22-12-15/h3-12H,1-2H3,(H,24,26)(H,25,27). The Morgan fingerprint density at radius 3 is 2.71 bits per heavy atom. The Kier molecular flexibility index (Phi) is 4.27. The Labute approximate surface area is 161 Å². The topological polar surface area (TPSA) is 93.2 Å². The van der Waals surface area contributed by atoms with Gasteiger partial charge in [0.25, 0.3) is 5.91 Å². The van der Waals surface area contributed by atoms with Gasteiger partial charge in [-0.1, -0.05) is 6.07 Å². The predicted molar refractivity (Wildman–Crippen MR) is 105 cm³/mol. The van der Waals surface area contributed by atoms with Gasteiger partial charge < -0.3 is 15.4 Å². The van der Waals surface area contributed by atoms with E-state index in [0.29, 0.717) is 28.6 Å². The minimum atomic E-state index is -0.599. The van der Waals surface area contributed by atoms with Crippen molar-refractivity contribution in [2.75, 3.05) is 10.6 Å². The second-order valence-electron chi connectivity index (χ2n) is 6.97. The van der Waals surface area contributed by atoms with Crippen LogP contribution in [0, 0.1) is 0 Å². The molecular weight excluding hydrogens is 356 g/mol. The van der Waals surface area contributed by atoms with Crippen LogP contribution in [0.1, 0.15) is 29.8 Å². The summed E-state index contributed by atoms with van der Waals surface area (Å²) in [7, 11) is 0. The number of nitrogens with zero attached hydrogens (tertiary/aromatic N) is 2. The lowest BCUT2D eigenvalue weighted by atomic mass is 9.86. The normalized spacial score (nSPS) is 14.1. The molecule has 140 valence electrons. The number of benzene rings is 1. The number of fused-ring (bicyclic) bond motifs is 1. The fraction of sp³-hybridized carbons (Fsp3) is 0.143. The lowest BCUT2D eigenvalue weighted by Gasteiger charge is -2.15. The highest BCUT2D eigenvalue weighted by Gasteiger charge is 2.38. The highest BCUT2D eigenvalue weighted by Crippen LogP contribution is 2.37. The van der Waals surface area contributed by atoms with Crippen molar-refractivity contribution in [3.8, 4) is 11.6 Å². The van der Waals surface area contributed by atoms with Crippen molar-refractivity contribution in [3.63, 3.8) is 0 Å². The van der Waals surface area contributed by atoms with Gasteiger partial charge in [-0.25, -0.2) is 4.98 Å². The first-order valence-electron chi connectivity index (χ1n) is 8.75. The van der Waals surface area contributed by atoms with Crippen LogP contribution in [0.2, 0.25) is 0 Å². The largest absolute Gasteiger partial charge is 0.437 e. The van der Waals surface area contributed by atoms with E-state index in [1.165, 1.54) is 6.20 Å². The third kappa shape index (κ3) is 3.29. The van der Waals surface area contributed by atoms with E-state index in [1.807, 2.05) is 19.9 Å². The summed E-state index contributed by atoms with van der Waals surface area (Å²) in [6, 6.07) is 12.1. The number of aromatic nitrogens is 2. The average molecular weight is 374 g/mol. The summed E-state index contributed by atoms with van der Waals surface area (Å²) in [6.07, 6.45) is 4.76. The summed E-state index contributed by atoms with van der Waals surface area (Å²) < 4.78 is 5.58. The molecule has 4 rings (SSSR count). The quantitative estimate of drug-likeness (QED) is 0.725. The minimum absolute atomic E-state index is 0.0755. The highest BCUT2D eigenvalue weighted by molar-refractivity contribution is 6.09. The van der Waals surface area contributed by atoms with Gasteiger partial charge in [-0.05, 0) is 49.7 Å². The summed E-state index contributed by atoms with van der Waals surface area (Å²) in [6.45, 7) is 3.71. The van der Waals surface area contributed by atoms with E-state index in [1.54, 1.807) is 48.8 Å². The second-order valence-corrected chi connectivity index (χ2v) is 6.97. The third-order valence-corrected chi connectivity index (χ3v) is 4.62. The molecule has 0 radical (unpaired) electrons. The van der Waals surface area contributed by atoms with Crippen LogP contribution in [0.5, 0.6) is 11.6 Å². The molecule has 0 spiro atoms. The molecule has 1 aromatic carbocycles. The van der Waals surface area contributed by atoms with Crippen LogP contribution in [0.25, 0.3) is 0 Å². The first kappa shape index (κ1) is 17.7. The van der Waals surface area contributed by atoms with E-state index < -0.39 is 5.41 Å². The number of ether oxygens (including phenoxy) is 1. The van der Waals surface area contributed by atoms with Crippen LogP contribution >= 0.6 is 0 Å². The molecule has 28 heavy (non-hydrogen) atoms. The van der Waals surface area contributed by atoms with Crippen molar-refractivity contribution >= 4 is 23.2 Å². The first-order chi connectivity index (χ1) is 13.4. The van der Waals surface area contributed by atoms with Crippen LogP contribution < -0.4 is 15.4 Å². The summed E-state index contributed by atoms with van der Waals surface area (Å²) in [5.41, 5.74) is 1.94. The van der Waals surface area contributed by atoms with Crippen molar-refractivity contribution < 1.29 is 14.3 Å². The molecule has 7 nitrogen and oxygen atoms in total. The zero-order chi connectivity index (χ0) is 19.7. The van der Waals surface area contributed by atoms with E-state index in [4.69, 9.17) is 4.74 Å². The van der Waals surface area contributed by atoms with Gasteiger partial charge in [0.05, 0.1) is 23.5 Å². The summed E-state index contributed by atoms with van der Waals surface area (Å²) in [4.78, 5) is 32.8. The van der Waals surface area contributed by atoms with Crippen LogP contribution in [0.3, 0.4) is 0 Å². The van der Waals surface area contributed by atoms with Crippen molar-refractivity contribution in [3.05, 3.63) is 72.2 Å². The zero-order valence-electron chi connectivity index (χ0n) is 15.4. The molecule has 3 aromatic rings. The molecule has 2 amide bonds. The number of hydrogen-bond donors (Lipinski definition) is 2. The van der Waals surface area contributed by atoms with E-state index >= 15 is 0 Å². The maximum absolute atomic E-state index is 12.5. The Balaban J connectivity index is 1.46. The number of pyridine rings is 2. The Morgan fingerprint density at radius 1 is 1.14 bits per heavy atom. The molecule has 0 saturated carbocycles. The molecule has 1 aliphatic heterocycles. The molecule has 0 saturated heterocycles. The summed E-state index contributed by atoms with van der Waals surface area (Å²) >= 11 is 0. The van der Waals surface area contributed by atoms with Crippen LogP contribution in [-0.2, 0) is 10.2 Å². The van der Waals surface area contributed by atoms with Gasteiger partial charge in [-0.2, -0.15) is 0 Å². The van der Waals surface area contributed by atoms with Gasteiger partial charge >= 0.3 is 0 Å². The molecule has 7 heteroatoms. The third-order valence-electron chi connectivity index (χ3n) is 4.62. The average Bonchev–Trinajstić information content (AvgIpc) is 2.92. The number of amides is 2. The molecule has 0 unspecified atom stereocenters. The summed E-state index contributed by atoms with van der Waals surface area (Å²) in [5.74, 6) is 0.612. The van der Waals surface area contributed by atoms with Crippen LogP contribution in [0.4, 0.5) is 11.4 Å². The maximum atomic E-state index is 12.5. The second kappa shape index (κ2) is 6.77. The number of hydrogen-bond acceptors (Lipinski definition) is 5. The van der Waals surface area contributed by atoms with Gasteiger partial charge in [0.15, 0.2) is 0 Å². The fourth-order valence-electron chi connectivity index (χ4n) is 2.98. The molecule has 0 aliphatic carbocycles. The minimum Gasteiger partial charge on any atom is -0.437 e. The number of carbonyl (C=O) groups is 2. The maximum Gasteiger partial charge on any atom is 0.255 e. The van der Waals surface area contributed by atoms with Crippen molar-refractivity contribution in [1.82, 2.24) is 9.97 Å². The van der Waals surface area contributed by atoms with Gasteiger partial charge in [0, 0.05) is 23.5 Å². The van der Waals surface area contributed by atoms with E-state index in [9.17, 15) is 9.59 Å². The Hall–Kier alpha value is -3.74. The highest BCUT2D eigenvalue weighted by atomic mass is 16.5. The smallest absolute Gasteiger partial charge is 0.255 e. The molecule has 1 aliphatic rings. The van der Waals surface area contributed by atoms with Gasteiger partial charge in [-0.15, -0.1) is 0 Å². The molecule has 2 N–H and O–H groups in total. The van der Waals surface area contributed by atoms with Crippen molar-refractivity contribution in [2.45, 2.75) is 19.3 Å². The van der Waals surface area contributed by atoms with E-state index in [2.05, 4.69) is 20.6 Å². The van der Waals surface area contributed by atoms with Gasteiger partial charge in [0.1, 0.15) is 5.75 Å². The predicted octanol–water partition coefficient (Wildman–Crippen LogP) is 3.75. The molecular formula is C21H18N4O3. The Bertz CT molecular complexity index is 1050. The monoisotopic (exact) mass is 374 g/mol. The van der Waals surface area contributed by atoms with Crippen molar-refractivity contribution in [2.24, 2.45) is 0 Å². The molecule has 0 bridgehead atoms. The zero-order valence-corrected chi connectivity index (χ0v) is 15.4. The van der Waals surface area contributed by atoms with E-state index in [0.717, 1.165) is 5.56 Å². The lowest BCUT2D eigenvalue weighted by Crippen LogP contribution is -2.26. The van der Waals surface area contributed by atoms with Crippen molar-refractivity contribution in [1.29, 1.82) is 0 Å². The molecule has 0 fully saturated rings. The molecule has 3 heterocycles. The SMILES string of the molecule is CC1(C)C(=O)Nc2cc(C(=O)Nc3ccc(Oc4cccnc4)nc3)ccc21. The van der Waals surface area contributed by atoms with E-state index in [-0.39, 0.29) is 11.8 Å². The fourth-order valence-corrected chi connectivity index (χ4v) is 2.98. The lowest BCUT2D eigenvalue weighted by molar-refractivity contribution is -0.119. The Morgan fingerprint density at radius 2 is 2.00 bits per heavy atom. The van der Waals surface area contributed by atoms with Crippen LogP contribution in [0.15, 0.2) is 61.1 Å². The molecule has 0 atom stereocenters.